The van der Waals surface area contributed by atoms with Gasteiger partial charge in [0.25, 0.3) is 0 Å². The minimum absolute atomic E-state index is 0.344. The van der Waals surface area contributed by atoms with Crippen LogP contribution in [0.2, 0.25) is 0 Å². The lowest BCUT2D eigenvalue weighted by Crippen LogP contribution is -2.14. The predicted molar refractivity (Wildman–Crippen MR) is 54.2 cm³/mol. The zero-order valence-electron chi connectivity index (χ0n) is 6.46. The molecule has 0 aliphatic carbocycles. The second-order valence-corrected chi connectivity index (χ2v) is 3.97. The molecular weight excluding hydrogens is 267 g/mol. The number of ether oxygens (including phenoxy) is 1. The first-order valence-corrected chi connectivity index (χ1v) is 4.96. The molecule has 3 heteroatoms. The summed E-state index contributed by atoms with van der Waals surface area (Å²) in [5.74, 6) is 0.858. The Labute approximate surface area is 84.7 Å². The zero-order chi connectivity index (χ0) is 8.55. The SMILES string of the molecule is OC1CCOc2c(I)cccc21. The smallest absolute Gasteiger partial charge is 0.138 e. The largest absolute Gasteiger partial charge is 0.492 e. The summed E-state index contributed by atoms with van der Waals surface area (Å²) >= 11 is 2.22. The van der Waals surface area contributed by atoms with Crippen molar-refractivity contribution in [3.8, 4) is 5.75 Å². The number of hydrogen-bond donors (Lipinski definition) is 1. The Bertz CT molecular complexity index is 299. The van der Waals surface area contributed by atoms with E-state index in [1.807, 2.05) is 18.2 Å². The number of aliphatic hydroxyl groups is 1. The maximum atomic E-state index is 9.60. The van der Waals surface area contributed by atoms with Crippen LogP contribution >= 0.6 is 22.6 Å². The van der Waals surface area contributed by atoms with Gasteiger partial charge in [-0.1, -0.05) is 12.1 Å². The third kappa shape index (κ3) is 1.31. The summed E-state index contributed by atoms with van der Waals surface area (Å²) in [6.07, 6.45) is 0.357. The molecule has 0 radical (unpaired) electrons. The highest BCUT2D eigenvalue weighted by Gasteiger charge is 2.20. The highest BCUT2D eigenvalue weighted by Crippen LogP contribution is 2.35. The number of para-hydroxylation sites is 1. The molecule has 0 amide bonds. The lowest BCUT2D eigenvalue weighted by atomic mass is 10.0. The van der Waals surface area contributed by atoms with Crippen molar-refractivity contribution in [2.24, 2.45) is 0 Å². The van der Waals surface area contributed by atoms with Crippen molar-refractivity contribution in [2.45, 2.75) is 12.5 Å². The Kier molecular flexibility index (Phi) is 2.23. The molecule has 1 heterocycles. The predicted octanol–water partition coefficient (Wildman–Crippen LogP) is 2.11. The van der Waals surface area contributed by atoms with E-state index in [1.165, 1.54) is 0 Å². The Hall–Kier alpha value is -0.290. The van der Waals surface area contributed by atoms with Gasteiger partial charge in [-0.25, -0.2) is 0 Å². The summed E-state index contributed by atoms with van der Waals surface area (Å²) in [5.41, 5.74) is 0.924. The lowest BCUT2D eigenvalue weighted by Gasteiger charge is -2.22. The molecule has 1 aliphatic rings. The average Bonchev–Trinajstić information content (AvgIpc) is 2.07. The molecule has 2 rings (SSSR count). The van der Waals surface area contributed by atoms with Crippen LogP contribution in [-0.2, 0) is 0 Å². The van der Waals surface area contributed by atoms with E-state index in [1.54, 1.807) is 0 Å². The zero-order valence-corrected chi connectivity index (χ0v) is 8.61. The van der Waals surface area contributed by atoms with Gasteiger partial charge in [0.15, 0.2) is 0 Å². The maximum absolute atomic E-state index is 9.60. The fraction of sp³-hybridized carbons (Fsp3) is 0.333. The number of fused-ring (bicyclic) bond motifs is 1. The molecule has 1 atom stereocenters. The quantitative estimate of drug-likeness (QED) is 0.735. The van der Waals surface area contributed by atoms with Gasteiger partial charge in [0.2, 0.25) is 0 Å². The minimum atomic E-state index is -0.344. The van der Waals surface area contributed by atoms with Crippen LogP contribution in [0.25, 0.3) is 0 Å². The topological polar surface area (TPSA) is 29.5 Å². The Morgan fingerprint density at radius 2 is 2.33 bits per heavy atom. The van der Waals surface area contributed by atoms with Crippen LogP contribution in [0.4, 0.5) is 0 Å². The lowest BCUT2D eigenvalue weighted by molar-refractivity contribution is 0.115. The Morgan fingerprint density at radius 1 is 1.50 bits per heavy atom. The Morgan fingerprint density at radius 3 is 3.08 bits per heavy atom. The summed E-state index contributed by atoms with van der Waals surface area (Å²) in [7, 11) is 0. The van der Waals surface area contributed by atoms with E-state index in [-0.39, 0.29) is 6.10 Å². The summed E-state index contributed by atoms with van der Waals surface area (Å²) in [4.78, 5) is 0. The minimum Gasteiger partial charge on any atom is -0.492 e. The number of aliphatic hydroxyl groups excluding tert-OH is 1. The molecule has 1 aliphatic heterocycles. The third-order valence-electron chi connectivity index (χ3n) is 1.99. The highest BCUT2D eigenvalue weighted by molar-refractivity contribution is 14.1. The van der Waals surface area contributed by atoms with E-state index in [0.717, 1.165) is 14.9 Å². The van der Waals surface area contributed by atoms with E-state index < -0.39 is 0 Å². The van der Waals surface area contributed by atoms with Gasteiger partial charge in [-0.15, -0.1) is 0 Å². The average molecular weight is 276 g/mol. The normalized spacial score (nSPS) is 21.3. The van der Waals surface area contributed by atoms with Crippen molar-refractivity contribution < 1.29 is 9.84 Å². The van der Waals surface area contributed by atoms with Crippen molar-refractivity contribution in [1.82, 2.24) is 0 Å². The second kappa shape index (κ2) is 3.22. The number of benzene rings is 1. The molecule has 1 aromatic carbocycles. The number of rotatable bonds is 0. The van der Waals surface area contributed by atoms with Crippen molar-refractivity contribution in [3.05, 3.63) is 27.3 Å². The fourth-order valence-electron chi connectivity index (χ4n) is 1.37. The molecule has 0 saturated heterocycles. The standard InChI is InChI=1S/C9H9IO2/c10-7-3-1-2-6-8(11)4-5-12-9(6)7/h1-3,8,11H,4-5H2. The summed E-state index contributed by atoms with van der Waals surface area (Å²) in [6, 6.07) is 5.84. The van der Waals surface area contributed by atoms with E-state index in [2.05, 4.69) is 22.6 Å². The van der Waals surface area contributed by atoms with Crippen molar-refractivity contribution >= 4 is 22.6 Å². The monoisotopic (exact) mass is 276 g/mol. The summed E-state index contributed by atoms with van der Waals surface area (Å²) < 4.78 is 6.53. The molecule has 1 N–H and O–H groups in total. The third-order valence-corrected chi connectivity index (χ3v) is 2.84. The van der Waals surface area contributed by atoms with Crippen LogP contribution in [0.3, 0.4) is 0 Å². The maximum Gasteiger partial charge on any atom is 0.138 e. The van der Waals surface area contributed by atoms with Gasteiger partial charge in [-0.3, -0.25) is 0 Å². The van der Waals surface area contributed by atoms with Crippen LogP contribution < -0.4 is 4.74 Å². The van der Waals surface area contributed by atoms with Gasteiger partial charge in [0, 0.05) is 12.0 Å². The second-order valence-electron chi connectivity index (χ2n) is 2.81. The van der Waals surface area contributed by atoms with E-state index in [0.29, 0.717) is 13.0 Å². The van der Waals surface area contributed by atoms with Crippen LogP contribution in [-0.4, -0.2) is 11.7 Å². The van der Waals surface area contributed by atoms with Crippen molar-refractivity contribution in [1.29, 1.82) is 0 Å². The van der Waals surface area contributed by atoms with Crippen molar-refractivity contribution in [2.75, 3.05) is 6.61 Å². The van der Waals surface area contributed by atoms with Gasteiger partial charge in [0.05, 0.1) is 16.3 Å². The van der Waals surface area contributed by atoms with Gasteiger partial charge < -0.3 is 9.84 Å². The first kappa shape index (κ1) is 8.31. The molecule has 0 saturated carbocycles. The summed E-state index contributed by atoms with van der Waals surface area (Å²) in [6.45, 7) is 0.619. The first-order chi connectivity index (χ1) is 5.79. The van der Waals surface area contributed by atoms with Crippen LogP contribution in [0.5, 0.6) is 5.75 Å². The van der Waals surface area contributed by atoms with Gasteiger partial charge >= 0.3 is 0 Å². The number of halogens is 1. The highest BCUT2D eigenvalue weighted by atomic mass is 127. The molecule has 0 aromatic heterocycles. The van der Waals surface area contributed by atoms with E-state index >= 15 is 0 Å². The summed E-state index contributed by atoms with van der Waals surface area (Å²) in [5, 5.41) is 9.60. The first-order valence-electron chi connectivity index (χ1n) is 3.88. The van der Waals surface area contributed by atoms with Gasteiger partial charge in [-0.2, -0.15) is 0 Å². The molecule has 12 heavy (non-hydrogen) atoms. The van der Waals surface area contributed by atoms with Gasteiger partial charge in [-0.05, 0) is 28.7 Å². The van der Waals surface area contributed by atoms with E-state index in [9.17, 15) is 5.11 Å². The van der Waals surface area contributed by atoms with Gasteiger partial charge in [0.1, 0.15) is 5.75 Å². The van der Waals surface area contributed by atoms with Crippen LogP contribution in [0.1, 0.15) is 18.1 Å². The van der Waals surface area contributed by atoms with Crippen molar-refractivity contribution in [3.63, 3.8) is 0 Å². The molecule has 64 valence electrons. The van der Waals surface area contributed by atoms with Crippen LogP contribution in [0, 0.1) is 3.57 Å². The van der Waals surface area contributed by atoms with E-state index in [4.69, 9.17) is 4.74 Å². The molecule has 0 spiro atoms. The number of hydrogen-bond acceptors (Lipinski definition) is 2. The fourth-order valence-corrected chi connectivity index (χ4v) is 2.04. The molecule has 0 fully saturated rings. The molecule has 2 nitrogen and oxygen atoms in total. The molecule has 1 aromatic rings. The molecular formula is C9H9IO2. The Balaban J connectivity index is 2.52. The van der Waals surface area contributed by atoms with Crippen LogP contribution in [0.15, 0.2) is 18.2 Å². The molecule has 0 bridgehead atoms. The molecule has 1 unspecified atom stereocenters.